The highest BCUT2D eigenvalue weighted by Crippen LogP contribution is 2.51. The van der Waals surface area contributed by atoms with E-state index in [2.05, 4.69) is 0 Å². The number of phosphoric ester groups is 2. The molecule has 10 heteroatoms. The molecule has 0 heterocycles. The van der Waals surface area contributed by atoms with E-state index in [0.29, 0.717) is 0 Å². The summed E-state index contributed by atoms with van der Waals surface area (Å²) in [4.78, 5) is 0. The number of benzene rings is 1. The van der Waals surface area contributed by atoms with Crippen LogP contribution >= 0.6 is 15.6 Å². The van der Waals surface area contributed by atoms with Crippen LogP contribution in [-0.4, -0.2) is 26.4 Å². The van der Waals surface area contributed by atoms with Gasteiger partial charge >= 0.3 is 15.6 Å². The highest BCUT2D eigenvalue weighted by atomic mass is 31.2. The monoisotopic (exact) mass is 382 g/mol. The normalized spacial score (nSPS) is 12.2. The predicted molar refractivity (Wildman–Crippen MR) is 89.4 cm³/mol. The van der Waals surface area contributed by atoms with Gasteiger partial charge in [0.15, 0.2) is 0 Å². The van der Waals surface area contributed by atoms with Crippen LogP contribution in [-0.2, 0) is 27.2 Å². The van der Waals surface area contributed by atoms with E-state index in [9.17, 15) is 9.13 Å². The summed E-state index contributed by atoms with van der Waals surface area (Å²) in [6.07, 6.45) is 0. The van der Waals surface area contributed by atoms with E-state index < -0.39 is 15.6 Å². The van der Waals surface area contributed by atoms with Crippen molar-refractivity contribution in [2.45, 2.75) is 27.7 Å². The molecule has 138 valence electrons. The van der Waals surface area contributed by atoms with Crippen molar-refractivity contribution in [3.63, 3.8) is 0 Å². The molecule has 0 aliphatic carbocycles. The van der Waals surface area contributed by atoms with Crippen molar-refractivity contribution in [2.75, 3.05) is 26.4 Å². The zero-order chi connectivity index (χ0) is 18.1. The number of hydrogen-bond donors (Lipinski definition) is 0. The van der Waals surface area contributed by atoms with Crippen molar-refractivity contribution in [1.29, 1.82) is 0 Å². The third kappa shape index (κ3) is 6.93. The summed E-state index contributed by atoms with van der Waals surface area (Å²) in [5, 5.41) is 0. The lowest BCUT2D eigenvalue weighted by Gasteiger charge is -2.18. The van der Waals surface area contributed by atoms with E-state index in [1.807, 2.05) is 0 Å². The average Bonchev–Trinajstić information content (AvgIpc) is 2.50. The molecule has 24 heavy (non-hydrogen) atoms. The summed E-state index contributed by atoms with van der Waals surface area (Å²) >= 11 is 0. The molecule has 1 rings (SSSR count). The van der Waals surface area contributed by atoms with Crippen LogP contribution in [0.1, 0.15) is 27.7 Å². The third-order valence-corrected chi connectivity index (χ3v) is 5.57. The van der Waals surface area contributed by atoms with Crippen molar-refractivity contribution in [3.8, 4) is 11.5 Å². The van der Waals surface area contributed by atoms with Gasteiger partial charge in [0.2, 0.25) is 0 Å². The lowest BCUT2D eigenvalue weighted by Crippen LogP contribution is -2.03. The topological polar surface area (TPSA) is 89.5 Å². The second-order valence-electron chi connectivity index (χ2n) is 4.22. The minimum Gasteiger partial charge on any atom is -0.404 e. The Bertz CT molecular complexity index is 504. The van der Waals surface area contributed by atoms with Gasteiger partial charge in [-0.15, -0.1) is 0 Å². The molecule has 0 spiro atoms. The Morgan fingerprint density at radius 1 is 0.625 bits per heavy atom. The summed E-state index contributed by atoms with van der Waals surface area (Å²) in [7, 11) is -7.33. The van der Waals surface area contributed by atoms with Crippen molar-refractivity contribution in [3.05, 3.63) is 24.3 Å². The third-order valence-electron chi connectivity index (χ3n) is 2.41. The maximum atomic E-state index is 12.3. The first kappa shape index (κ1) is 21.2. The standard InChI is InChI=1S/C14H24O8P2/c1-5-17-23(15,18-6-2)21-13-9-11-14(12-10-13)22-24(16,19-7-3)20-8-4/h9-12H,5-8H2,1-4H3. The molecular weight excluding hydrogens is 358 g/mol. The maximum absolute atomic E-state index is 12.3. The van der Waals surface area contributed by atoms with E-state index in [1.165, 1.54) is 24.3 Å². The predicted octanol–water partition coefficient (Wildman–Crippen LogP) is 4.81. The minimum atomic E-state index is -3.66. The lowest BCUT2D eigenvalue weighted by atomic mass is 10.3. The molecule has 0 aromatic heterocycles. The van der Waals surface area contributed by atoms with Crippen LogP contribution in [0.5, 0.6) is 11.5 Å². The van der Waals surface area contributed by atoms with Crippen molar-refractivity contribution >= 4 is 15.6 Å². The molecule has 1 aromatic rings. The van der Waals surface area contributed by atoms with E-state index in [-0.39, 0.29) is 37.9 Å². The Kier molecular flexibility index (Phi) is 8.98. The molecule has 0 aliphatic heterocycles. The summed E-state index contributed by atoms with van der Waals surface area (Å²) in [5.74, 6) is 0.519. The zero-order valence-electron chi connectivity index (χ0n) is 14.3. The van der Waals surface area contributed by atoms with Crippen LogP contribution in [0, 0.1) is 0 Å². The molecule has 0 amide bonds. The summed E-state index contributed by atoms with van der Waals surface area (Å²) in [5.41, 5.74) is 0. The molecule has 0 atom stereocenters. The Morgan fingerprint density at radius 2 is 0.875 bits per heavy atom. The van der Waals surface area contributed by atoms with Crippen LogP contribution in [0.15, 0.2) is 24.3 Å². The van der Waals surface area contributed by atoms with Gasteiger partial charge in [-0.05, 0) is 52.0 Å². The SMILES string of the molecule is CCOP(=O)(OCC)Oc1ccc(OP(=O)(OCC)OCC)cc1. The average molecular weight is 382 g/mol. The highest BCUT2D eigenvalue weighted by Gasteiger charge is 2.29. The van der Waals surface area contributed by atoms with Crippen LogP contribution in [0.3, 0.4) is 0 Å². The van der Waals surface area contributed by atoms with Gasteiger partial charge < -0.3 is 9.05 Å². The molecule has 8 nitrogen and oxygen atoms in total. The van der Waals surface area contributed by atoms with E-state index in [1.54, 1.807) is 27.7 Å². The second-order valence-corrected chi connectivity index (χ2v) is 7.41. The molecule has 0 fully saturated rings. The molecule has 0 unspecified atom stereocenters. The smallest absolute Gasteiger partial charge is 0.404 e. The minimum absolute atomic E-state index is 0.185. The molecule has 0 saturated heterocycles. The van der Waals surface area contributed by atoms with Gasteiger partial charge in [-0.3, -0.25) is 18.1 Å². The molecule has 0 aliphatic rings. The van der Waals surface area contributed by atoms with Gasteiger partial charge in [-0.1, -0.05) is 0 Å². The Hall–Kier alpha value is -0.880. The van der Waals surface area contributed by atoms with Gasteiger partial charge in [-0.25, -0.2) is 9.13 Å². The van der Waals surface area contributed by atoms with Crippen LogP contribution in [0.2, 0.25) is 0 Å². The molecular formula is C14H24O8P2. The Balaban J connectivity index is 2.81. The van der Waals surface area contributed by atoms with Gasteiger partial charge in [0, 0.05) is 0 Å². The second kappa shape index (κ2) is 10.2. The molecule has 0 bridgehead atoms. The molecule has 1 aromatic carbocycles. The maximum Gasteiger partial charge on any atom is 0.530 e. The zero-order valence-corrected chi connectivity index (χ0v) is 16.1. The highest BCUT2D eigenvalue weighted by molar-refractivity contribution is 7.49. The first-order valence-corrected chi connectivity index (χ1v) is 10.6. The molecule has 0 radical (unpaired) electrons. The van der Waals surface area contributed by atoms with Crippen molar-refractivity contribution < 1.29 is 36.3 Å². The Labute approximate surface area is 142 Å². The number of hydrogen-bond acceptors (Lipinski definition) is 8. The lowest BCUT2D eigenvalue weighted by molar-refractivity contribution is 0.165. The van der Waals surface area contributed by atoms with E-state index >= 15 is 0 Å². The number of rotatable bonds is 12. The van der Waals surface area contributed by atoms with Gasteiger partial charge in [0.1, 0.15) is 11.5 Å². The van der Waals surface area contributed by atoms with Gasteiger partial charge in [0.25, 0.3) is 0 Å². The van der Waals surface area contributed by atoms with E-state index in [4.69, 9.17) is 27.1 Å². The fourth-order valence-electron chi connectivity index (χ4n) is 1.63. The van der Waals surface area contributed by atoms with Crippen LogP contribution in [0.25, 0.3) is 0 Å². The fourth-order valence-corrected chi connectivity index (χ4v) is 4.02. The fraction of sp³-hybridized carbons (Fsp3) is 0.571. The van der Waals surface area contributed by atoms with E-state index in [0.717, 1.165) is 0 Å². The van der Waals surface area contributed by atoms with Crippen LogP contribution in [0.4, 0.5) is 0 Å². The first-order chi connectivity index (χ1) is 11.4. The quantitative estimate of drug-likeness (QED) is 0.476. The van der Waals surface area contributed by atoms with Gasteiger partial charge in [-0.2, -0.15) is 0 Å². The Morgan fingerprint density at radius 3 is 1.08 bits per heavy atom. The van der Waals surface area contributed by atoms with Crippen LogP contribution < -0.4 is 9.05 Å². The summed E-state index contributed by atoms with van der Waals surface area (Å²) in [6, 6.07) is 5.95. The molecule has 0 N–H and O–H groups in total. The van der Waals surface area contributed by atoms with Gasteiger partial charge in [0.05, 0.1) is 26.4 Å². The largest absolute Gasteiger partial charge is 0.530 e. The molecule has 0 saturated carbocycles. The van der Waals surface area contributed by atoms with Crippen molar-refractivity contribution in [2.24, 2.45) is 0 Å². The summed E-state index contributed by atoms with van der Waals surface area (Å²) in [6.45, 7) is 7.48. The summed E-state index contributed by atoms with van der Waals surface area (Å²) < 4.78 is 55.3. The van der Waals surface area contributed by atoms with Crippen molar-refractivity contribution in [1.82, 2.24) is 0 Å². The number of phosphoric acid groups is 2. The first-order valence-electron chi connectivity index (χ1n) is 7.67.